The lowest BCUT2D eigenvalue weighted by Gasteiger charge is -2.16. The van der Waals surface area contributed by atoms with E-state index in [0.717, 1.165) is 29.7 Å². The molecule has 0 saturated heterocycles. The maximum absolute atomic E-state index is 12.5. The van der Waals surface area contributed by atoms with Gasteiger partial charge in [-0.25, -0.2) is 14.8 Å². The van der Waals surface area contributed by atoms with Gasteiger partial charge in [-0.05, 0) is 41.8 Å². The highest BCUT2D eigenvalue weighted by Crippen LogP contribution is 2.28. The van der Waals surface area contributed by atoms with E-state index in [0.29, 0.717) is 36.8 Å². The molecule has 0 saturated carbocycles. The van der Waals surface area contributed by atoms with Crippen molar-refractivity contribution in [3.8, 4) is 5.75 Å². The second-order valence-electron chi connectivity index (χ2n) is 7.65. The number of carbonyl (C=O) groups is 2. The van der Waals surface area contributed by atoms with Gasteiger partial charge in [-0.15, -0.1) is 0 Å². The first kappa shape index (κ1) is 24.5. The van der Waals surface area contributed by atoms with Crippen molar-refractivity contribution in [2.75, 3.05) is 23.1 Å². The van der Waals surface area contributed by atoms with Gasteiger partial charge in [0.05, 0.1) is 12.7 Å². The van der Waals surface area contributed by atoms with Crippen LogP contribution in [0.5, 0.6) is 5.75 Å². The number of nitrogens with one attached hydrogen (secondary N) is 3. The molecule has 9 nitrogen and oxygen atoms in total. The molecule has 34 heavy (non-hydrogen) atoms. The first-order valence-corrected chi connectivity index (χ1v) is 11.1. The highest BCUT2D eigenvalue weighted by molar-refractivity contribution is 5.97. The van der Waals surface area contributed by atoms with Crippen LogP contribution in [0, 0.1) is 0 Å². The van der Waals surface area contributed by atoms with Gasteiger partial charge in [-0.1, -0.05) is 37.6 Å². The van der Waals surface area contributed by atoms with Crippen LogP contribution in [0.25, 0.3) is 0 Å². The Morgan fingerprint density at radius 1 is 0.912 bits per heavy atom. The molecule has 1 amide bonds. The molecular formula is C25H29N5O4. The summed E-state index contributed by atoms with van der Waals surface area (Å²) >= 11 is 0. The van der Waals surface area contributed by atoms with Crippen LogP contribution < -0.4 is 20.7 Å². The third-order valence-electron chi connectivity index (χ3n) is 5.15. The number of anilines is 3. The molecule has 3 aromatic rings. The van der Waals surface area contributed by atoms with E-state index in [2.05, 4.69) is 25.9 Å². The zero-order valence-corrected chi connectivity index (χ0v) is 19.3. The number of benzene rings is 2. The van der Waals surface area contributed by atoms with Crippen molar-refractivity contribution in [3.05, 3.63) is 71.5 Å². The topological polar surface area (TPSA) is 125 Å². The number of carboxylic acids is 1. The van der Waals surface area contributed by atoms with E-state index >= 15 is 0 Å². The number of unbranched alkanes of at least 4 members (excludes halogenated alkanes) is 1. The third-order valence-corrected chi connectivity index (χ3v) is 5.15. The summed E-state index contributed by atoms with van der Waals surface area (Å²) < 4.78 is 5.20. The molecule has 0 aliphatic heterocycles. The van der Waals surface area contributed by atoms with E-state index in [1.165, 1.54) is 6.33 Å². The Kier molecular flexibility index (Phi) is 8.79. The average Bonchev–Trinajstić information content (AvgIpc) is 2.86. The Balaban J connectivity index is 1.77. The minimum absolute atomic E-state index is 0.113. The summed E-state index contributed by atoms with van der Waals surface area (Å²) in [5, 5.41) is 18.5. The smallest absolute Gasteiger partial charge is 0.335 e. The number of rotatable bonds is 12. The number of methoxy groups -OCH3 is 1. The summed E-state index contributed by atoms with van der Waals surface area (Å²) in [7, 11) is 1.62. The molecule has 0 fully saturated rings. The van der Waals surface area contributed by atoms with Gasteiger partial charge in [0.1, 0.15) is 17.8 Å². The number of hydrogen-bond donors (Lipinski definition) is 4. The van der Waals surface area contributed by atoms with Gasteiger partial charge in [0.2, 0.25) is 5.91 Å². The monoisotopic (exact) mass is 463 g/mol. The predicted molar refractivity (Wildman–Crippen MR) is 131 cm³/mol. The number of aromatic nitrogens is 2. The van der Waals surface area contributed by atoms with Gasteiger partial charge < -0.3 is 25.8 Å². The van der Waals surface area contributed by atoms with Gasteiger partial charge >= 0.3 is 5.97 Å². The van der Waals surface area contributed by atoms with E-state index in [1.807, 2.05) is 31.2 Å². The fourth-order valence-corrected chi connectivity index (χ4v) is 3.19. The summed E-state index contributed by atoms with van der Waals surface area (Å²) in [5.74, 6) is 0.661. The van der Waals surface area contributed by atoms with E-state index in [4.69, 9.17) is 9.84 Å². The fraction of sp³-hybridized carbons (Fsp3) is 0.280. The number of amides is 1. The van der Waals surface area contributed by atoms with E-state index < -0.39 is 5.97 Å². The van der Waals surface area contributed by atoms with Crippen LogP contribution in [0.1, 0.15) is 47.7 Å². The standard InChI is InChI=1S/C25H29N5O4/c1-3-4-5-21(31)30-22-23(26-14-17-6-10-19(11-7-17)25(32)33)28-16-29-24(22)27-15-18-8-12-20(34-2)13-9-18/h6-13,16H,3-5,14-15H2,1-2H3,(H,30,31)(H,32,33)(H2,26,27,28,29). The molecule has 2 aromatic carbocycles. The summed E-state index contributed by atoms with van der Waals surface area (Å²) in [6.45, 7) is 2.92. The summed E-state index contributed by atoms with van der Waals surface area (Å²) in [5.41, 5.74) is 2.59. The van der Waals surface area contributed by atoms with Gasteiger partial charge in [-0.3, -0.25) is 4.79 Å². The van der Waals surface area contributed by atoms with Crippen molar-refractivity contribution in [2.45, 2.75) is 39.3 Å². The maximum Gasteiger partial charge on any atom is 0.335 e. The van der Waals surface area contributed by atoms with Gasteiger partial charge in [-0.2, -0.15) is 0 Å². The van der Waals surface area contributed by atoms with Gasteiger partial charge in [0, 0.05) is 19.5 Å². The average molecular weight is 464 g/mol. The molecule has 178 valence electrons. The van der Waals surface area contributed by atoms with Crippen molar-refractivity contribution < 1.29 is 19.4 Å². The van der Waals surface area contributed by atoms with Crippen LogP contribution in [0.15, 0.2) is 54.9 Å². The molecule has 0 atom stereocenters. The first-order valence-electron chi connectivity index (χ1n) is 11.1. The molecule has 3 rings (SSSR count). The second kappa shape index (κ2) is 12.2. The molecule has 0 radical (unpaired) electrons. The highest BCUT2D eigenvalue weighted by atomic mass is 16.5. The number of ether oxygens (including phenoxy) is 1. The number of nitrogens with zero attached hydrogens (tertiary/aromatic N) is 2. The number of hydrogen-bond acceptors (Lipinski definition) is 7. The van der Waals surface area contributed by atoms with E-state index in [-0.39, 0.29) is 11.5 Å². The minimum Gasteiger partial charge on any atom is -0.497 e. The van der Waals surface area contributed by atoms with Crippen LogP contribution in [-0.2, 0) is 17.9 Å². The van der Waals surface area contributed by atoms with Crippen molar-refractivity contribution in [1.82, 2.24) is 9.97 Å². The highest BCUT2D eigenvalue weighted by Gasteiger charge is 2.15. The SMILES string of the molecule is CCCCC(=O)Nc1c(NCc2ccc(OC)cc2)ncnc1NCc1ccc(C(=O)O)cc1. The van der Waals surface area contributed by atoms with Crippen molar-refractivity contribution in [3.63, 3.8) is 0 Å². The Hall–Kier alpha value is -4.14. The fourth-order valence-electron chi connectivity index (χ4n) is 3.19. The van der Waals surface area contributed by atoms with Crippen molar-refractivity contribution >= 4 is 29.2 Å². The van der Waals surface area contributed by atoms with Crippen molar-refractivity contribution in [2.24, 2.45) is 0 Å². The second-order valence-corrected chi connectivity index (χ2v) is 7.65. The van der Waals surface area contributed by atoms with Crippen molar-refractivity contribution in [1.29, 1.82) is 0 Å². The van der Waals surface area contributed by atoms with Gasteiger partial charge in [0.15, 0.2) is 11.6 Å². The van der Waals surface area contributed by atoms with Crippen LogP contribution in [-0.4, -0.2) is 34.1 Å². The third kappa shape index (κ3) is 6.93. The molecule has 1 aromatic heterocycles. The lowest BCUT2D eigenvalue weighted by atomic mass is 10.1. The molecule has 0 aliphatic carbocycles. The normalized spacial score (nSPS) is 10.4. The Morgan fingerprint density at radius 2 is 1.47 bits per heavy atom. The molecular weight excluding hydrogens is 434 g/mol. The Morgan fingerprint density at radius 3 is 1.97 bits per heavy atom. The maximum atomic E-state index is 12.5. The lowest BCUT2D eigenvalue weighted by Crippen LogP contribution is -2.17. The number of carboxylic acid groups (broad SMARTS) is 1. The van der Waals surface area contributed by atoms with E-state index in [1.54, 1.807) is 31.4 Å². The zero-order valence-electron chi connectivity index (χ0n) is 19.3. The zero-order chi connectivity index (χ0) is 24.3. The summed E-state index contributed by atoms with van der Waals surface area (Å²) in [6, 6.07) is 14.2. The molecule has 0 unspecified atom stereocenters. The summed E-state index contributed by atoms with van der Waals surface area (Å²) in [4.78, 5) is 32.2. The van der Waals surface area contributed by atoms with Crippen LogP contribution in [0.4, 0.5) is 17.3 Å². The van der Waals surface area contributed by atoms with Crippen LogP contribution >= 0.6 is 0 Å². The lowest BCUT2D eigenvalue weighted by molar-refractivity contribution is -0.116. The van der Waals surface area contributed by atoms with E-state index in [9.17, 15) is 9.59 Å². The molecule has 9 heteroatoms. The summed E-state index contributed by atoms with van der Waals surface area (Å²) in [6.07, 6.45) is 3.53. The van der Waals surface area contributed by atoms with Gasteiger partial charge in [0.25, 0.3) is 0 Å². The minimum atomic E-state index is -0.972. The molecule has 4 N–H and O–H groups in total. The molecule has 1 heterocycles. The quantitative estimate of drug-likeness (QED) is 0.309. The van der Waals surface area contributed by atoms with Crippen LogP contribution in [0.2, 0.25) is 0 Å². The largest absolute Gasteiger partial charge is 0.497 e. The number of carbonyl (C=O) groups excluding carboxylic acids is 1. The first-order chi connectivity index (χ1) is 16.5. The molecule has 0 spiro atoms. The molecule has 0 bridgehead atoms. The number of aromatic carboxylic acids is 1. The Labute approximate surface area is 198 Å². The predicted octanol–water partition coefficient (Wildman–Crippen LogP) is 4.54. The molecule has 0 aliphatic rings. The van der Waals surface area contributed by atoms with Crippen LogP contribution in [0.3, 0.4) is 0 Å². The Bertz CT molecular complexity index is 1100.